The lowest BCUT2D eigenvalue weighted by molar-refractivity contribution is 0.0982. The van der Waals surface area contributed by atoms with Crippen molar-refractivity contribution in [1.82, 2.24) is 9.97 Å². The van der Waals surface area contributed by atoms with Crippen LogP contribution in [0.15, 0.2) is 68.2 Å². The first-order chi connectivity index (χ1) is 14.5. The maximum Gasteiger partial charge on any atom is 0.419 e. The van der Waals surface area contributed by atoms with Crippen molar-refractivity contribution in [3.63, 3.8) is 0 Å². The summed E-state index contributed by atoms with van der Waals surface area (Å²) in [5, 5.41) is 9.59. The molecule has 30 heavy (non-hydrogen) atoms. The molecule has 0 amide bonds. The van der Waals surface area contributed by atoms with Crippen molar-refractivity contribution in [2.45, 2.75) is 26.2 Å². The number of Topliss-reactive ketones (excluding diaryl/α,β-unsaturated/α-hetero) is 1. The van der Waals surface area contributed by atoms with Gasteiger partial charge in [-0.05, 0) is 24.6 Å². The molecule has 2 aromatic carbocycles. The van der Waals surface area contributed by atoms with Crippen LogP contribution in [0.4, 0.5) is 0 Å². The van der Waals surface area contributed by atoms with Crippen LogP contribution in [-0.2, 0) is 12.8 Å². The Labute approximate surface area is 172 Å². The van der Waals surface area contributed by atoms with Gasteiger partial charge in [0.2, 0.25) is 11.8 Å². The van der Waals surface area contributed by atoms with Crippen LogP contribution in [0.3, 0.4) is 0 Å². The van der Waals surface area contributed by atoms with E-state index in [-0.39, 0.29) is 23.8 Å². The molecule has 0 spiro atoms. The summed E-state index contributed by atoms with van der Waals surface area (Å²) in [6, 6.07) is 16.6. The predicted octanol–water partition coefficient (Wildman–Crippen LogP) is 4.04. The SMILES string of the molecule is Cc1oc(-c2ccccc2)nc1CCC(=O)c1ccc(Cc2oc(=O)[nH]c2O)cc1. The number of nitrogens with zero attached hydrogens (tertiary/aromatic N) is 1. The van der Waals surface area contributed by atoms with Crippen molar-refractivity contribution in [3.05, 3.63) is 93.5 Å². The smallest absolute Gasteiger partial charge is 0.419 e. The van der Waals surface area contributed by atoms with Gasteiger partial charge < -0.3 is 13.9 Å². The minimum atomic E-state index is -0.701. The van der Waals surface area contributed by atoms with Gasteiger partial charge in [0.05, 0.1) is 5.69 Å². The summed E-state index contributed by atoms with van der Waals surface area (Å²) in [6.07, 6.45) is 1.05. The summed E-state index contributed by atoms with van der Waals surface area (Å²) in [4.78, 5) is 30.4. The highest BCUT2D eigenvalue weighted by Crippen LogP contribution is 2.23. The van der Waals surface area contributed by atoms with Crippen LogP contribution in [0, 0.1) is 6.92 Å². The van der Waals surface area contributed by atoms with Gasteiger partial charge in [0.25, 0.3) is 0 Å². The Kier molecular flexibility index (Phi) is 5.34. The third-order valence-corrected chi connectivity index (χ3v) is 4.84. The number of H-pyrrole nitrogens is 1. The van der Waals surface area contributed by atoms with Gasteiger partial charge in [-0.25, -0.2) is 9.78 Å². The molecule has 4 rings (SSSR count). The third kappa shape index (κ3) is 4.25. The number of ketones is 1. The number of hydrogen-bond donors (Lipinski definition) is 2. The van der Waals surface area contributed by atoms with E-state index >= 15 is 0 Å². The number of carbonyl (C=O) groups is 1. The average molecular weight is 404 g/mol. The van der Waals surface area contributed by atoms with Gasteiger partial charge in [-0.3, -0.25) is 9.78 Å². The lowest BCUT2D eigenvalue weighted by Gasteiger charge is -2.03. The zero-order valence-electron chi connectivity index (χ0n) is 16.3. The first-order valence-electron chi connectivity index (χ1n) is 9.54. The van der Waals surface area contributed by atoms with Crippen LogP contribution >= 0.6 is 0 Å². The van der Waals surface area contributed by atoms with Crippen LogP contribution in [0.1, 0.15) is 39.6 Å². The second kappa shape index (κ2) is 8.24. The summed E-state index contributed by atoms with van der Waals surface area (Å²) >= 11 is 0. The fourth-order valence-electron chi connectivity index (χ4n) is 3.21. The molecule has 2 aromatic heterocycles. The largest absolute Gasteiger partial charge is 0.492 e. The fourth-order valence-corrected chi connectivity index (χ4v) is 3.21. The Morgan fingerprint density at radius 1 is 1.07 bits per heavy atom. The normalized spacial score (nSPS) is 11.0. The number of nitrogens with one attached hydrogen (secondary N) is 1. The van der Waals surface area contributed by atoms with Crippen molar-refractivity contribution in [2.75, 3.05) is 0 Å². The van der Waals surface area contributed by atoms with Crippen LogP contribution in [0.2, 0.25) is 0 Å². The molecule has 0 saturated carbocycles. The van der Waals surface area contributed by atoms with Crippen molar-refractivity contribution in [3.8, 4) is 17.3 Å². The first-order valence-corrected chi connectivity index (χ1v) is 9.54. The number of carbonyl (C=O) groups excluding carboxylic acids is 1. The molecule has 0 atom stereocenters. The number of aromatic hydroxyl groups is 1. The number of aryl methyl sites for hydroxylation is 2. The number of oxazole rings is 2. The molecule has 0 aliphatic heterocycles. The van der Waals surface area contributed by atoms with Crippen molar-refractivity contribution in [1.29, 1.82) is 0 Å². The van der Waals surface area contributed by atoms with Crippen LogP contribution < -0.4 is 5.76 Å². The van der Waals surface area contributed by atoms with E-state index in [1.807, 2.05) is 37.3 Å². The number of aromatic nitrogens is 2. The highest BCUT2D eigenvalue weighted by atomic mass is 16.4. The maximum absolute atomic E-state index is 12.6. The van der Waals surface area contributed by atoms with Gasteiger partial charge in [0.15, 0.2) is 11.5 Å². The van der Waals surface area contributed by atoms with E-state index < -0.39 is 5.76 Å². The van der Waals surface area contributed by atoms with Gasteiger partial charge in [-0.1, -0.05) is 42.5 Å². The molecule has 0 aliphatic carbocycles. The van der Waals surface area contributed by atoms with Crippen LogP contribution in [-0.4, -0.2) is 20.9 Å². The van der Waals surface area contributed by atoms with Gasteiger partial charge in [-0.2, -0.15) is 0 Å². The molecule has 0 unspecified atom stereocenters. The molecule has 0 bridgehead atoms. The summed E-state index contributed by atoms with van der Waals surface area (Å²) in [5.41, 5.74) is 3.07. The molecular weight excluding hydrogens is 384 g/mol. The third-order valence-electron chi connectivity index (χ3n) is 4.84. The zero-order chi connectivity index (χ0) is 21.1. The molecule has 0 saturated heterocycles. The average Bonchev–Trinajstić information content (AvgIpc) is 3.28. The number of hydrogen-bond acceptors (Lipinski definition) is 6. The first kappa shape index (κ1) is 19.4. The van der Waals surface area contributed by atoms with Gasteiger partial charge in [-0.15, -0.1) is 0 Å². The topological polar surface area (TPSA) is 109 Å². The Hall–Kier alpha value is -3.87. The molecule has 7 heteroatoms. The molecule has 0 radical (unpaired) electrons. The van der Waals surface area contributed by atoms with Crippen LogP contribution in [0.25, 0.3) is 11.5 Å². The number of aromatic amines is 1. The quantitative estimate of drug-likeness (QED) is 0.450. The van der Waals surface area contributed by atoms with Crippen molar-refractivity contribution in [2.24, 2.45) is 0 Å². The van der Waals surface area contributed by atoms with Gasteiger partial charge in [0.1, 0.15) is 5.76 Å². The molecule has 2 heterocycles. The van der Waals surface area contributed by atoms with Crippen molar-refractivity contribution >= 4 is 5.78 Å². The van der Waals surface area contributed by atoms with Crippen LogP contribution in [0.5, 0.6) is 5.88 Å². The molecule has 4 aromatic rings. The molecule has 0 fully saturated rings. The fraction of sp³-hybridized carbons (Fsp3) is 0.174. The Bertz CT molecular complexity index is 1220. The molecule has 7 nitrogen and oxygen atoms in total. The highest BCUT2D eigenvalue weighted by molar-refractivity contribution is 5.96. The summed E-state index contributed by atoms with van der Waals surface area (Å²) < 4.78 is 10.6. The molecule has 152 valence electrons. The van der Waals surface area contributed by atoms with E-state index in [4.69, 9.17) is 8.83 Å². The minimum absolute atomic E-state index is 0.00114. The second-order valence-corrected chi connectivity index (χ2v) is 6.97. The van der Waals surface area contributed by atoms with E-state index in [1.54, 1.807) is 24.3 Å². The Morgan fingerprint density at radius 2 is 1.80 bits per heavy atom. The maximum atomic E-state index is 12.6. The molecular formula is C23H20N2O5. The Balaban J connectivity index is 1.39. The van der Waals surface area contributed by atoms with E-state index in [1.165, 1.54) is 0 Å². The number of rotatable bonds is 7. The lowest BCUT2D eigenvalue weighted by atomic mass is 10.0. The minimum Gasteiger partial charge on any atom is -0.492 e. The van der Waals surface area contributed by atoms with Gasteiger partial charge in [0, 0.05) is 30.4 Å². The zero-order valence-corrected chi connectivity index (χ0v) is 16.3. The molecule has 2 N–H and O–H groups in total. The lowest BCUT2D eigenvalue weighted by Crippen LogP contribution is -2.02. The van der Waals surface area contributed by atoms with E-state index in [2.05, 4.69) is 9.97 Å². The Morgan fingerprint density at radius 3 is 2.47 bits per heavy atom. The predicted molar refractivity (Wildman–Crippen MR) is 110 cm³/mol. The summed E-state index contributed by atoms with van der Waals surface area (Å²) in [6.45, 7) is 1.85. The second-order valence-electron chi connectivity index (χ2n) is 6.97. The van der Waals surface area contributed by atoms with E-state index in [9.17, 15) is 14.7 Å². The van der Waals surface area contributed by atoms with E-state index in [0.717, 1.165) is 16.8 Å². The standard InChI is InChI=1S/C23H20N2O5/c1-14-18(24-22(29-14)17-5-3-2-4-6-17)11-12-19(26)16-9-7-15(8-10-16)13-20-21(27)25-23(28)30-20/h2-10,27H,11-13H2,1H3,(H,25,28). The number of benzene rings is 2. The summed E-state index contributed by atoms with van der Waals surface area (Å²) in [5.74, 6) is 0.450. The van der Waals surface area contributed by atoms with Crippen molar-refractivity contribution < 1.29 is 18.7 Å². The molecule has 0 aliphatic rings. The summed E-state index contributed by atoms with van der Waals surface area (Å²) in [7, 11) is 0. The monoisotopic (exact) mass is 404 g/mol. The van der Waals surface area contributed by atoms with E-state index in [0.29, 0.717) is 30.1 Å². The highest BCUT2D eigenvalue weighted by Gasteiger charge is 2.14. The van der Waals surface area contributed by atoms with Gasteiger partial charge >= 0.3 is 5.76 Å².